The van der Waals surface area contributed by atoms with Crippen LogP contribution in [0.25, 0.3) is 5.57 Å². The minimum absolute atomic E-state index is 0.0725. The van der Waals surface area contributed by atoms with E-state index in [9.17, 15) is 27.2 Å². The van der Waals surface area contributed by atoms with Gasteiger partial charge in [0.2, 0.25) is 5.91 Å². The lowest BCUT2D eigenvalue weighted by Gasteiger charge is -2.17. The first-order valence-electron chi connectivity index (χ1n) is 12.6. The predicted molar refractivity (Wildman–Crippen MR) is 138 cm³/mol. The van der Waals surface area contributed by atoms with Gasteiger partial charge in [-0.2, -0.15) is 5.10 Å². The van der Waals surface area contributed by atoms with Crippen LogP contribution in [0.2, 0.25) is 0 Å². The summed E-state index contributed by atoms with van der Waals surface area (Å²) in [6.07, 6.45) is 0.785. The number of carbonyl (C=O) groups is 2. The van der Waals surface area contributed by atoms with E-state index in [-0.39, 0.29) is 49.5 Å². The molecule has 1 aliphatic rings. The van der Waals surface area contributed by atoms with Gasteiger partial charge in [0.1, 0.15) is 11.9 Å². The maximum atomic E-state index is 14.4. The summed E-state index contributed by atoms with van der Waals surface area (Å²) in [4.78, 5) is 28.2. The molecule has 2 amide bonds. The van der Waals surface area contributed by atoms with Crippen molar-refractivity contribution in [3.05, 3.63) is 77.2 Å². The van der Waals surface area contributed by atoms with Crippen molar-refractivity contribution < 1.29 is 31.9 Å². The highest BCUT2D eigenvalue weighted by molar-refractivity contribution is 5.92. The second kappa shape index (κ2) is 13.1. The van der Waals surface area contributed by atoms with Gasteiger partial charge in [0.25, 0.3) is 5.91 Å². The number of nitrogens with zero attached hydrogens (tertiary/aromatic N) is 6. The topological polar surface area (TPSA) is 137 Å². The molecule has 4 rings (SSSR count). The van der Waals surface area contributed by atoms with Crippen molar-refractivity contribution >= 4 is 23.2 Å². The maximum Gasteiger partial charge on any atom is 0.572 e. The summed E-state index contributed by atoms with van der Waals surface area (Å²) in [5, 5.41) is 20.4. The summed E-state index contributed by atoms with van der Waals surface area (Å²) in [5.74, 6) is -0.811. The van der Waals surface area contributed by atoms with Gasteiger partial charge in [-0.15, -0.1) is 23.4 Å². The first kappa shape index (κ1) is 29.3. The fourth-order valence-electron chi connectivity index (χ4n) is 3.99. The van der Waals surface area contributed by atoms with Crippen LogP contribution in [-0.2, 0) is 28.9 Å². The van der Waals surface area contributed by atoms with Gasteiger partial charge >= 0.3 is 6.36 Å². The first-order chi connectivity index (χ1) is 19.6. The van der Waals surface area contributed by atoms with Crippen molar-refractivity contribution in [1.82, 2.24) is 35.5 Å². The molecule has 0 aliphatic heterocycles. The molecular weight excluding hydrogens is 548 g/mol. The Morgan fingerprint density at radius 1 is 1.15 bits per heavy atom. The van der Waals surface area contributed by atoms with Gasteiger partial charge in [-0.3, -0.25) is 14.6 Å². The van der Waals surface area contributed by atoms with Gasteiger partial charge in [-0.25, -0.2) is 9.07 Å². The number of nitrogens with one attached hydrogen (secondary N) is 2. The highest BCUT2D eigenvalue weighted by Gasteiger charge is 2.32. The maximum absolute atomic E-state index is 14.4. The van der Waals surface area contributed by atoms with E-state index >= 15 is 0 Å². The summed E-state index contributed by atoms with van der Waals surface area (Å²) in [6, 6.07) is 6.43. The summed E-state index contributed by atoms with van der Waals surface area (Å²) < 4.78 is 57.4. The van der Waals surface area contributed by atoms with Crippen LogP contribution in [0.15, 0.2) is 54.6 Å². The van der Waals surface area contributed by atoms with Crippen LogP contribution in [0.4, 0.5) is 23.4 Å². The second-order valence-corrected chi connectivity index (χ2v) is 9.07. The molecule has 0 spiro atoms. The van der Waals surface area contributed by atoms with Crippen LogP contribution in [-0.4, -0.2) is 61.6 Å². The van der Waals surface area contributed by atoms with E-state index in [1.807, 2.05) is 0 Å². The largest absolute Gasteiger partial charge is 0.572 e. The minimum atomic E-state index is -4.76. The highest BCUT2D eigenvalue weighted by Crippen LogP contribution is 2.30. The lowest BCUT2D eigenvalue weighted by molar-refractivity contribution is -0.306. The molecule has 41 heavy (non-hydrogen) atoms. The fraction of sp³-hybridized carbons (Fsp3) is 0.346. The van der Waals surface area contributed by atoms with Crippen molar-refractivity contribution in [2.75, 3.05) is 12.4 Å². The lowest BCUT2D eigenvalue weighted by atomic mass is 9.98. The number of hydrogen-bond donors (Lipinski definition) is 2. The lowest BCUT2D eigenvalue weighted by Crippen LogP contribution is -2.18. The number of hydrogen-bond acceptors (Lipinski definition) is 8. The number of allylic oxidation sites excluding steroid dienone is 4. The first-order valence-corrected chi connectivity index (χ1v) is 12.6. The highest BCUT2D eigenvalue weighted by atomic mass is 19.4. The Hall–Kier alpha value is -4.69. The van der Waals surface area contributed by atoms with E-state index in [4.69, 9.17) is 0 Å². The number of pyridine rings is 1. The van der Waals surface area contributed by atoms with E-state index in [1.54, 1.807) is 30.3 Å². The quantitative estimate of drug-likeness (QED) is 0.332. The molecule has 3 heterocycles. The van der Waals surface area contributed by atoms with Crippen LogP contribution in [0.3, 0.4) is 0 Å². The molecule has 0 fully saturated rings. The molecule has 15 heteroatoms. The molecule has 1 atom stereocenters. The van der Waals surface area contributed by atoms with Crippen molar-refractivity contribution in [3.63, 3.8) is 0 Å². The number of aromatic nitrogens is 6. The monoisotopic (exact) mass is 574 g/mol. The Morgan fingerprint density at radius 3 is 2.71 bits per heavy atom. The van der Waals surface area contributed by atoms with E-state index in [1.165, 1.54) is 30.2 Å². The Morgan fingerprint density at radius 2 is 1.98 bits per heavy atom. The second-order valence-electron chi connectivity index (χ2n) is 9.07. The Labute approximate surface area is 231 Å². The van der Waals surface area contributed by atoms with Crippen molar-refractivity contribution in [3.8, 4) is 0 Å². The average Bonchev–Trinajstić information content (AvgIpc) is 3.40. The average molecular weight is 575 g/mol. The van der Waals surface area contributed by atoms with Crippen LogP contribution in [0.1, 0.15) is 46.7 Å². The van der Waals surface area contributed by atoms with Crippen LogP contribution in [0.5, 0.6) is 0 Å². The number of anilines is 1. The number of rotatable bonds is 11. The fourth-order valence-corrected chi connectivity index (χ4v) is 3.99. The molecule has 216 valence electrons. The summed E-state index contributed by atoms with van der Waals surface area (Å²) in [6.45, 7) is -0.0725. The predicted octanol–water partition coefficient (Wildman–Crippen LogP) is 3.57. The number of aryl methyl sites for hydroxylation is 1. The molecule has 0 bridgehead atoms. The smallest absolute Gasteiger partial charge is 0.410 e. The molecule has 0 saturated carbocycles. The number of carbonyl (C=O) groups excluding carboxylic acids is 2. The number of halogens is 4. The Kier molecular flexibility index (Phi) is 9.37. The number of ether oxygens (including phenoxy) is 1. The van der Waals surface area contributed by atoms with Crippen molar-refractivity contribution in [1.29, 1.82) is 0 Å². The Balaban J connectivity index is 1.26. The van der Waals surface area contributed by atoms with Crippen molar-refractivity contribution in [2.24, 2.45) is 0 Å². The van der Waals surface area contributed by atoms with E-state index < -0.39 is 24.3 Å². The zero-order valence-corrected chi connectivity index (χ0v) is 21.9. The van der Waals surface area contributed by atoms with Gasteiger partial charge in [0, 0.05) is 19.7 Å². The number of amides is 2. The van der Waals surface area contributed by atoms with E-state index in [0.717, 1.165) is 0 Å². The zero-order valence-electron chi connectivity index (χ0n) is 21.9. The third-order valence-electron chi connectivity index (χ3n) is 5.89. The zero-order chi connectivity index (χ0) is 29.4. The molecular formula is C26H26F4N8O3. The molecule has 0 saturated heterocycles. The molecule has 2 N–H and O–H groups in total. The van der Waals surface area contributed by atoms with Gasteiger partial charge in [-0.05, 0) is 60.7 Å². The molecule has 1 aliphatic carbocycles. The summed E-state index contributed by atoms with van der Waals surface area (Å²) >= 11 is 0. The molecule has 0 aromatic carbocycles. The summed E-state index contributed by atoms with van der Waals surface area (Å²) in [5.41, 5.74) is 2.18. The van der Waals surface area contributed by atoms with Gasteiger partial charge < -0.3 is 15.4 Å². The SMILES string of the molecule is CNC(=O)c1cn(C[C@H](F)CCc2ccc(NC(=O)Cc3cc(C4=CCCC(OC(F)(F)F)=C4)ccn3)nn2)nn1. The van der Waals surface area contributed by atoms with Gasteiger partial charge in [0.05, 0.1) is 30.6 Å². The standard InChI is InChI=1S/C26H26F4N8O3/c1-31-25(40)22-15-38(37-35-22)14-18(27)5-6-19-7-8-23(36-34-19)33-24(39)13-20-11-17(9-10-32-20)16-3-2-4-21(12-16)41-26(28,29)30/h3,7-12,15,18H,2,4-6,13-14H2,1H3,(H,31,40)(H,33,36,39)/t18-/m1/s1. The minimum Gasteiger partial charge on any atom is -0.410 e. The molecule has 0 unspecified atom stereocenters. The third kappa shape index (κ3) is 8.91. The van der Waals surface area contributed by atoms with E-state index in [0.29, 0.717) is 28.9 Å². The number of alkyl halides is 4. The van der Waals surface area contributed by atoms with Gasteiger partial charge in [-0.1, -0.05) is 11.3 Å². The Bertz CT molecular complexity index is 1440. The van der Waals surface area contributed by atoms with Crippen LogP contribution >= 0.6 is 0 Å². The van der Waals surface area contributed by atoms with Crippen molar-refractivity contribution in [2.45, 2.75) is 51.2 Å². The summed E-state index contributed by atoms with van der Waals surface area (Å²) in [7, 11) is 1.46. The van der Waals surface area contributed by atoms with E-state index in [2.05, 4.69) is 40.9 Å². The third-order valence-corrected chi connectivity index (χ3v) is 5.89. The van der Waals surface area contributed by atoms with Crippen LogP contribution in [0, 0.1) is 0 Å². The van der Waals surface area contributed by atoms with Gasteiger partial charge in [0.15, 0.2) is 11.5 Å². The molecule has 11 nitrogen and oxygen atoms in total. The molecule has 0 radical (unpaired) electrons. The van der Waals surface area contributed by atoms with Crippen LogP contribution < -0.4 is 10.6 Å². The molecule has 3 aromatic rings. The normalized spacial score (nSPS) is 14.1. The molecule has 3 aromatic heterocycles.